The third-order valence-electron chi connectivity index (χ3n) is 3.13. The molecule has 1 saturated carbocycles. The number of hydrogen-bond donors (Lipinski definition) is 2. The zero-order valence-electron chi connectivity index (χ0n) is 10.6. The monoisotopic (exact) mass is 268 g/mol. The molecule has 0 heterocycles. The Kier molecular flexibility index (Phi) is 4.37. The van der Waals surface area contributed by atoms with E-state index in [1.54, 1.807) is 18.2 Å². The average molecular weight is 268 g/mol. The Balaban J connectivity index is 2.00. The standard InChI is InChI=1S/C13H20N2O2S/c1-14-10-12-3-2-4-13(9-12)18(16,17)15-8-7-11-5-6-11/h2-4,9,11,14-15H,5-8,10H2,1H3. The highest BCUT2D eigenvalue weighted by molar-refractivity contribution is 7.89. The first-order chi connectivity index (χ1) is 8.62. The average Bonchev–Trinajstić information content (AvgIpc) is 3.14. The van der Waals surface area contributed by atoms with Crippen molar-refractivity contribution >= 4 is 10.0 Å². The molecule has 2 N–H and O–H groups in total. The predicted octanol–water partition coefficient (Wildman–Crippen LogP) is 1.48. The first kappa shape index (κ1) is 13.5. The van der Waals surface area contributed by atoms with Gasteiger partial charge < -0.3 is 5.32 Å². The highest BCUT2D eigenvalue weighted by Crippen LogP contribution is 2.31. The molecule has 0 saturated heterocycles. The lowest BCUT2D eigenvalue weighted by Gasteiger charge is -2.08. The smallest absolute Gasteiger partial charge is 0.240 e. The summed E-state index contributed by atoms with van der Waals surface area (Å²) in [4.78, 5) is 0.353. The molecule has 0 bridgehead atoms. The van der Waals surface area contributed by atoms with Crippen molar-refractivity contribution in [3.05, 3.63) is 29.8 Å². The first-order valence-corrected chi connectivity index (χ1v) is 7.83. The summed E-state index contributed by atoms with van der Waals surface area (Å²) in [6.45, 7) is 1.22. The highest BCUT2D eigenvalue weighted by Gasteiger charge is 2.22. The zero-order valence-corrected chi connectivity index (χ0v) is 11.5. The molecule has 1 aliphatic rings. The van der Waals surface area contributed by atoms with Gasteiger partial charge in [0, 0.05) is 13.1 Å². The van der Waals surface area contributed by atoms with Crippen LogP contribution in [0.3, 0.4) is 0 Å². The highest BCUT2D eigenvalue weighted by atomic mass is 32.2. The maximum atomic E-state index is 12.1. The van der Waals surface area contributed by atoms with E-state index < -0.39 is 10.0 Å². The Morgan fingerprint density at radius 3 is 2.78 bits per heavy atom. The summed E-state index contributed by atoms with van der Waals surface area (Å²) in [5.74, 6) is 0.739. The fraction of sp³-hybridized carbons (Fsp3) is 0.538. The van der Waals surface area contributed by atoms with Gasteiger partial charge in [-0.25, -0.2) is 13.1 Å². The van der Waals surface area contributed by atoms with Crippen LogP contribution in [0.25, 0.3) is 0 Å². The maximum absolute atomic E-state index is 12.1. The van der Waals surface area contributed by atoms with Crippen molar-refractivity contribution in [3.63, 3.8) is 0 Å². The summed E-state index contributed by atoms with van der Waals surface area (Å²) in [5.41, 5.74) is 0.975. The predicted molar refractivity (Wildman–Crippen MR) is 71.7 cm³/mol. The SMILES string of the molecule is CNCc1cccc(S(=O)(=O)NCCC2CC2)c1. The number of sulfonamides is 1. The molecule has 0 aliphatic heterocycles. The minimum atomic E-state index is -3.35. The van der Waals surface area contributed by atoms with E-state index in [4.69, 9.17) is 0 Å². The summed E-state index contributed by atoms with van der Waals surface area (Å²) in [5, 5.41) is 3.01. The second kappa shape index (κ2) is 5.82. The summed E-state index contributed by atoms with van der Waals surface area (Å²) in [6.07, 6.45) is 3.45. The van der Waals surface area contributed by atoms with E-state index in [2.05, 4.69) is 10.0 Å². The molecule has 1 aliphatic carbocycles. The molecule has 0 spiro atoms. The van der Waals surface area contributed by atoms with Crippen LogP contribution in [0.2, 0.25) is 0 Å². The van der Waals surface area contributed by atoms with E-state index >= 15 is 0 Å². The number of benzene rings is 1. The van der Waals surface area contributed by atoms with Gasteiger partial charge in [0.1, 0.15) is 0 Å². The van der Waals surface area contributed by atoms with Gasteiger partial charge in [0.25, 0.3) is 0 Å². The number of hydrogen-bond acceptors (Lipinski definition) is 3. The molecule has 5 heteroatoms. The molecule has 18 heavy (non-hydrogen) atoms. The van der Waals surface area contributed by atoms with Crippen molar-refractivity contribution in [3.8, 4) is 0 Å². The lowest BCUT2D eigenvalue weighted by molar-refractivity contribution is 0.575. The molecule has 0 amide bonds. The summed E-state index contributed by atoms with van der Waals surface area (Å²) in [6, 6.07) is 7.05. The van der Waals surface area contributed by atoms with E-state index in [0.717, 1.165) is 17.9 Å². The van der Waals surface area contributed by atoms with Crippen LogP contribution in [0.15, 0.2) is 29.2 Å². The van der Waals surface area contributed by atoms with Crippen LogP contribution in [0.5, 0.6) is 0 Å². The van der Waals surface area contributed by atoms with Crippen LogP contribution >= 0.6 is 0 Å². The molecular weight excluding hydrogens is 248 g/mol. The third kappa shape index (κ3) is 3.80. The Hall–Kier alpha value is -0.910. The maximum Gasteiger partial charge on any atom is 0.240 e. The van der Waals surface area contributed by atoms with Crippen molar-refractivity contribution < 1.29 is 8.42 Å². The molecule has 0 radical (unpaired) electrons. The van der Waals surface area contributed by atoms with Gasteiger partial charge in [-0.1, -0.05) is 25.0 Å². The van der Waals surface area contributed by atoms with Crippen LogP contribution in [-0.2, 0) is 16.6 Å². The molecule has 0 atom stereocenters. The van der Waals surface area contributed by atoms with E-state index in [9.17, 15) is 8.42 Å². The largest absolute Gasteiger partial charge is 0.316 e. The van der Waals surface area contributed by atoms with Gasteiger partial charge in [-0.2, -0.15) is 0 Å². The number of nitrogens with one attached hydrogen (secondary N) is 2. The summed E-state index contributed by atoms with van der Waals surface area (Å²) in [7, 11) is -1.50. The lowest BCUT2D eigenvalue weighted by Crippen LogP contribution is -2.25. The Morgan fingerprint density at radius 1 is 1.33 bits per heavy atom. The van der Waals surface area contributed by atoms with Gasteiger partial charge in [-0.05, 0) is 37.1 Å². The van der Waals surface area contributed by atoms with Crippen LogP contribution in [-0.4, -0.2) is 22.0 Å². The molecule has 2 rings (SSSR count). The van der Waals surface area contributed by atoms with Crippen LogP contribution in [0, 0.1) is 5.92 Å². The molecule has 0 aromatic heterocycles. The van der Waals surface area contributed by atoms with Crippen LogP contribution < -0.4 is 10.0 Å². The second-order valence-electron chi connectivity index (χ2n) is 4.81. The fourth-order valence-corrected chi connectivity index (χ4v) is 3.03. The van der Waals surface area contributed by atoms with Gasteiger partial charge in [0.05, 0.1) is 4.90 Å². The van der Waals surface area contributed by atoms with Gasteiger partial charge >= 0.3 is 0 Å². The third-order valence-corrected chi connectivity index (χ3v) is 4.59. The van der Waals surface area contributed by atoms with Gasteiger partial charge in [0.2, 0.25) is 10.0 Å². The normalized spacial score (nSPS) is 15.8. The quantitative estimate of drug-likeness (QED) is 0.787. The van der Waals surface area contributed by atoms with Gasteiger partial charge in [-0.3, -0.25) is 0 Å². The Bertz CT molecular complexity index is 495. The molecule has 100 valence electrons. The summed E-state index contributed by atoms with van der Waals surface area (Å²) >= 11 is 0. The van der Waals surface area contributed by atoms with Crippen molar-refractivity contribution in [1.29, 1.82) is 0 Å². The second-order valence-corrected chi connectivity index (χ2v) is 6.57. The zero-order chi connectivity index (χ0) is 13.0. The topological polar surface area (TPSA) is 58.2 Å². The Labute approximate surface area is 109 Å². The van der Waals surface area contributed by atoms with E-state index in [1.807, 2.05) is 13.1 Å². The van der Waals surface area contributed by atoms with Crippen molar-refractivity contribution in [2.45, 2.75) is 30.7 Å². The van der Waals surface area contributed by atoms with E-state index in [0.29, 0.717) is 18.0 Å². The Morgan fingerprint density at radius 2 is 2.11 bits per heavy atom. The lowest BCUT2D eigenvalue weighted by atomic mass is 10.2. The molecule has 4 nitrogen and oxygen atoms in total. The van der Waals surface area contributed by atoms with Gasteiger partial charge in [-0.15, -0.1) is 0 Å². The molecular formula is C13H20N2O2S. The van der Waals surface area contributed by atoms with Crippen molar-refractivity contribution in [2.75, 3.05) is 13.6 Å². The van der Waals surface area contributed by atoms with Crippen LogP contribution in [0.4, 0.5) is 0 Å². The van der Waals surface area contributed by atoms with Crippen molar-refractivity contribution in [2.24, 2.45) is 5.92 Å². The van der Waals surface area contributed by atoms with E-state index in [1.165, 1.54) is 12.8 Å². The minimum absolute atomic E-state index is 0.353. The van der Waals surface area contributed by atoms with E-state index in [-0.39, 0.29) is 0 Å². The van der Waals surface area contributed by atoms with Gasteiger partial charge in [0.15, 0.2) is 0 Å². The van der Waals surface area contributed by atoms with Crippen molar-refractivity contribution in [1.82, 2.24) is 10.0 Å². The molecule has 1 aromatic carbocycles. The van der Waals surface area contributed by atoms with Crippen LogP contribution in [0.1, 0.15) is 24.8 Å². The molecule has 1 aromatic rings. The molecule has 1 fully saturated rings. The molecule has 0 unspecified atom stereocenters. The summed E-state index contributed by atoms with van der Waals surface area (Å²) < 4.78 is 26.8. The fourth-order valence-electron chi connectivity index (χ4n) is 1.91. The number of rotatable bonds is 7. The minimum Gasteiger partial charge on any atom is -0.316 e. The first-order valence-electron chi connectivity index (χ1n) is 6.35.